The van der Waals surface area contributed by atoms with Crippen LogP contribution in [-0.2, 0) is 24.5 Å². The molecule has 0 saturated heterocycles. The van der Waals surface area contributed by atoms with Crippen molar-refractivity contribution in [3.05, 3.63) is 0 Å². The predicted octanol–water partition coefficient (Wildman–Crippen LogP) is -0.967. The third-order valence-corrected chi connectivity index (χ3v) is 3.90. The second-order valence-corrected chi connectivity index (χ2v) is 7.45. The van der Waals surface area contributed by atoms with Crippen molar-refractivity contribution in [1.29, 1.82) is 0 Å². The Morgan fingerprint density at radius 3 is 1.85 bits per heavy atom. The van der Waals surface area contributed by atoms with Crippen molar-refractivity contribution < 1.29 is 21.6 Å². The maximum atomic E-state index is 10.9. The molecule has 0 saturated carbocycles. The van der Waals surface area contributed by atoms with Crippen LogP contribution in [0.5, 0.6) is 0 Å². The molecule has 0 aromatic rings. The third kappa shape index (κ3) is 5.75. The summed E-state index contributed by atoms with van der Waals surface area (Å²) in [6, 6.07) is 0. The summed E-state index contributed by atoms with van der Waals surface area (Å²) >= 11 is 0. The molecule has 0 heterocycles. The van der Waals surface area contributed by atoms with Gasteiger partial charge in [-0.3, -0.25) is 0 Å². The average molecular weight is 228 g/mol. The molecular weight excluding hydrogens is 216 g/mol. The zero-order valence-corrected chi connectivity index (χ0v) is 9.06. The van der Waals surface area contributed by atoms with Crippen LogP contribution in [0.3, 0.4) is 0 Å². The molecule has 0 aromatic heterocycles. The van der Waals surface area contributed by atoms with E-state index in [1.165, 1.54) is 0 Å². The first-order valence-corrected chi connectivity index (χ1v) is 7.50. The Bertz CT molecular complexity index is 364. The van der Waals surface area contributed by atoms with Gasteiger partial charge in [-0.05, 0) is 6.42 Å². The SMILES string of the molecule is CS(=O)(=O)CCC(C=O)S(C)(=O)=O. The van der Waals surface area contributed by atoms with Gasteiger partial charge in [-0.1, -0.05) is 0 Å². The lowest BCUT2D eigenvalue weighted by atomic mass is 10.4. The predicted molar refractivity (Wildman–Crippen MR) is 49.0 cm³/mol. The molecule has 1 unspecified atom stereocenters. The smallest absolute Gasteiger partial charge is 0.157 e. The molecule has 0 spiro atoms. The van der Waals surface area contributed by atoms with Crippen LogP contribution in [-0.4, -0.2) is 46.6 Å². The standard InChI is InChI=1S/C6H12O5S2/c1-12(8,9)4-3-6(5-7)13(2,10)11/h5-6H,3-4H2,1-2H3. The Morgan fingerprint density at radius 1 is 1.15 bits per heavy atom. The highest BCUT2D eigenvalue weighted by Gasteiger charge is 2.21. The molecule has 5 nitrogen and oxygen atoms in total. The summed E-state index contributed by atoms with van der Waals surface area (Å²) in [5.41, 5.74) is 0. The Hall–Kier alpha value is -0.430. The van der Waals surface area contributed by atoms with Gasteiger partial charge in [-0.25, -0.2) is 16.8 Å². The van der Waals surface area contributed by atoms with Crippen LogP contribution in [0.1, 0.15) is 6.42 Å². The van der Waals surface area contributed by atoms with Crippen molar-refractivity contribution in [2.45, 2.75) is 11.7 Å². The molecule has 0 aliphatic rings. The largest absolute Gasteiger partial charge is 0.302 e. The summed E-state index contributed by atoms with van der Waals surface area (Å²) in [5, 5.41) is -1.21. The van der Waals surface area contributed by atoms with Crippen LogP contribution in [0.2, 0.25) is 0 Å². The minimum atomic E-state index is -3.47. The molecule has 13 heavy (non-hydrogen) atoms. The van der Waals surface area contributed by atoms with Gasteiger partial charge in [0.25, 0.3) is 0 Å². The van der Waals surface area contributed by atoms with E-state index in [0.29, 0.717) is 0 Å². The van der Waals surface area contributed by atoms with E-state index in [4.69, 9.17) is 0 Å². The first kappa shape index (κ1) is 12.6. The van der Waals surface area contributed by atoms with Crippen LogP contribution in [0.4, 0.5) is 0 Å². The zero-order valence-electron chi connectivity index (χ0n) is 7.43. The van der Waals surface area contributed by atoms with E-state index in [9.17, 15) is 21.6 Å². The first-order valence-electron chi connectivity index (χ1n) is 3.48. The monoisotopic (exact) mass is 228 g/mol. The fourth-order valence-corrected chi connectivity index (χ4v) is 2.29. The number of sulfone groups is 2. The quantitative estimate of drug-likeness (QED) is 0.565. The number of hydrogen-bond donors (Lipinski definition) is 0. The number of hydrogen-bond acceptors (Lipinski definition) is 5. The van der Waals surface area contributed by atoms with Crippen LogP contribution in [0.25, 0.3) is 0 Å². The van der Waals surface area contributed by atoms with Crippen molar-refractivity contribution in [3.8, 4) is 0 Å². The number of rotatable bonds is 5. The fraction of sp³-hybridized carbons (Fsp3) is 0.833. The van der Waals surface area contributed by atoms with Gasteiger partial charge in [-0.2, -0.15) is 0 Å². The van der Waals surface area contributed by atoms with E-state index >= 15 is 0 Å². The Balaban J connectivity index is 4.44. The van der Waals surface area contributed by atoms with Gasteiger partial charge in [0.2, 0.25) is 0 Å². The summed E-state index contributed by atoms with van der Waals surface area (Å²) < 4.78 is 43.0. The van der Waals surface area contributed by atoms with Gasteiger partial charge >= 0.3 is 0 Å². The van der Waals surface area contributed by atoms with Crippen molar-refractivity contribution in [2.24, 2.45) is 0 Å². The van der Waals surface area contributed by atoms with Crippen molar-refractivity contribution in [2.75, 3.05) is 18.3 Å². The lowest BCUT2D eigenvalue weighted by Gasteiger charge is -2.05. The minimum absolute atomic E-state index is 0.166. The van der Waals surface area contributed by atoms with Gasteiger partial charge in [0.05, 0.1) is 5.75 Å². The van der Waals surface area contributed by atoms with E-state index in [1.54, 1.807) is 0 Å². The molecule has 0 radical (unpaired) electrons. The topological polar surface area (TPSA) is 85.3 Å². The summed E-state index contributed by atoms with van der Waals surface area (Å²) in [6.07, 6.45) is 2.01. The van der Waals surface area contributed by atoms with Crippen LogP contribution in [0.15, 0.2) is 0 Å². The maximum absolute atomic E-state index is 10.9. The fourth-order valence-electron chi connectivity index (χ4n) is 0.713. The second kappa shape index (κ2) is 4.19. The highest BCUT2D eigenvalue weighted by Crippen LogP contribution is 2.03. The van der Waals surface area contributed by atoms with Gasteiger partial charge in [0, 0.05) is 12.5 Å². The van der Waals surface area contributed by atoms with Crippen LogP contribution < -0.4 is 0 Å². The molecule has 0 aromatic carbocycles. The Labute approximate surface area is 78.0 Å². The van der Waals surface area contributed by atoms with Gasteiger partial charge in [-0.15, -0.1) is 0 Å². The molecule has 7 heteroatoms. The molecule has 0 aliphatic carbocycles. The lowest BCUT2D eigenvalue weighted by Crippen LogP contribution is -2.24. The number of aldehydes is 1. The minimum Gasteiger partial charge on any atom is -0.302 e. The normalized spacial score (nSPS) is 15.2. The van der Waals surface area contributed by atoms with E-state index in [0.717, 1.165) is 12.5 Å². The highest BCUT2D eigenvalue weighted by atomic mass is 32.2. The molecule has 0 N–H and O–H groups in total. The second-order valence-electron chi connectivity index (χ2n) is 2.92. The van der Waals surface area contributed by atoms with Gasteiger partial charge < -0.3 is 4.79 Å². The van der Waals surface area contributed by atoms with E-state index in [2.05, 4.69) is 0 Å². The molecular formula is C6H12O5S2. The van der Waals surface area contributed by atoms with E-state index in [-0.39, 0.29) is 18.5 Å². The molecule has 0 amide bonds. The van der Waals surface area contributed by atoms with Crippen LogP contribution in [0, 0.1) is 0 Å². The average Bonchev–Trinajstić information content (AvgIpc) is 1.82. The summed E-state index contributed by atoms with van der Waals surface area (Å²) in [6.45, 7) is 0. The summed E-state index contributed by atoms with van der Waals surface area (Å²) in [5.74, 6) is -0.288. The van der Waals surface area contributed by atoms with Crippen molar-refractivity contribution in [3.63, 3.8) is 0 Å². The third-order valence-electron chi connectivity index (χ3n) is 1.47. The molecule has 78 valence electrons. The Kier molecular flexibility index (Phi) is 4.05. The van der Waals surface area contributed by atoms with E-state index in [1.807, 2.05) is 0 Å². The van der Waals surface area contributed by atoms with Crippen molar-refractivity contribution in [1.82, 2.24) is 0 Å². The molecule has 0 bridgehead atoms. The summed E-state index contributed by atoms with van der Waals surface area (Å²) in [4.78, 5) is 10.3. The lowest BCUT2D eigenvalue weighted by molar-refractivity contribution is -0.107. The molecule has 0 aliphatic heterocycles. The molecule has 0 rings (SSSR count). The number of carbonyl (C=O) groups excluding carboxylic acids is 1. The van der Waals surface area contributed by atoms with Crippen molar-refractivity contribution >= 4 is 26.0 Å². The van der Waals surface area contributed by atoms with Crippen LogP contribution >= 0.6 is 0 Å². The Morgan fingerprint density at radius 2 is 1.62 bits per heavy atom. The van der Waals surface area contributed by atoms with E-state index < -0.39 is 24.9 Å². The molecule has 0 fully saturated rings. The zero-order chi connectivity index (χ0) is 10.7. The van der Waals surface area contributed by atoms with Gasteiger partial charge in [0.1, 0.15) is 21.4 Å². The number of carbonyl (C=O) groups is 1. The highest BCUT2D eigenvalue weighted by molar-refractivity contribution is 7.92. The molecule has 1 atom stereocenters. The van der Waals surface area contributed by atoms with Gasteiger partial charge in [0.15, 0.2) is 9.84 Å². The summed E-state index contributed by atoms with van der Waals surface area (Å²) in [7, 11) is -6.68. The first-order chi connectivity index (χ1) is 5.67. The maximum Gasteiger partial charge on any atom is 0.157 e.